The van der Waals surface area contributed by atoms with E-state index in [9.17, 15) is 13.2 Å². The van der Waals surface area contributed by atoms with Crippen molar-refractivity contribution >= 4 is 39.8 Å². The molecular formula is C16H11ClF3N7OS2. The van der Waals surface area contributed by atoms with Crippen LogP contribution in [0.15, 0.2) is 45.4 Å². The normalized spacial score (nSPS) is 11.7. The fourth-order valence-electron chi connectivity index (χ4n) is 2.44. The zero-order valence-corrected chi connectivity index (χ0v) is 17.2. The molecule has 8 nitrogen and oxygen atoms in total. The lowest BCUT2D eigenvalue weighted by Crippen LogP contribution is -2.13. The van der Waals surface area contributed by atoms with Crippen LogP contribution in [0.2, 0.25) is 5.02 Å². The summed E-state index contributed by atoms with van der Waals surface area (Å²) >= 11 is 8.29. The minimum atomic E-state index is -4.61. The highest BCUT2D eigenvalue weighted by molar-refractivity contribution is 8.00. The summed E-state index contributed by atoms with van der Waals surface area (Å²) in [5.41, 5.74) is -1.13. The summed E-state index contributed by atoms with van der Waals surface area (Å²) in [4.78, 5) is 0. The first kappa shape index (κ1) is 20.6. The van der Waals surface area contributed by atoms with Crippen molar-refractivity contribution in [1.82, 2.24) is 30.4 Å². The van der Waals surface area contributed by atoms with E-state index in [2.05, 4.69) is 31.0 Å². The Bertz CT molecular complexity index is 1130. The van der Waals surface area contributed by atoms with Crippen molar-refractivity contribution in [2.75, 3.05) is 5.32 Å². The number of benzene rings is 1. The molecule has 30 heavy (non-hydrogen) atoms. The number of aromatic nitrogens is 6. The molecule has 0 fully saturated rings. The number of alkyl halides is 3. The second-order valence-corrected chi connectivity index (χ2v) is 8.40. The van der Waals surface area contributed by atoms with Crippen LogP contribution in [0, 0.1) is 0 Å². The lowest BCUT2D eigenvalue weighted by molar-refractivity contribution is -0.137. The highest BCUT2D eigenvalue weighted by atomic mass is 35.5. The van der Waals surface area contributed by atoms with E-state index in [1.165, 1.54) is 35.2 Å². The Morgan fingerprint density at radius 1 is 1.20 bits per heavy atom. The monoisotopic (exact) mass is 473 g/mol. The van der Waals surface area contributed by atoms with Gasteiger partial charge in [-0.3, -0.25) is 0 Å². The molecule has 4 rings (SSSR count). The van der Waals surface area contributed by atoms with E-state index in [0.717, 1.165) is 16.5 Å². The number of furan rings is 1. The summed E-state index contributed by atoms with van der Waals surface area (Å²) in [5.74, 6) is 1.18. The highest BCUT2D eigenvalue weighted by Crippen LogP contribution is 2.36. The molecule has 0 amide bonds. The van der Waals surface area contributed by atoms with Gasteiger partial charge in [-0.25, -0.2) is 0 Å². The van der Waals surface area contributed by atoms with Crippen LogP contribution >= 0.6 is 34.7 Å². The zero-order valence-electron chi connectivity index (χ0n) is 14.8. The maximum absolute atomic E-state index is 13.4. The van der Waals surface area contributed by atoms with Crippen molar-refractivity contribution in [3.8, 4) is 5.69 Å². The lowest BCUT2D eigenvalue weighted by Gasteiger charge is -2.13. The van der Waals surface area contributed by atoms with Gasteiger partial charge >= 0.3 is 6.18 Å². The van der Waals surface area contributed by atoms with E-state index in [1.54, 1.807) is 12.3 Å². The van der Waals surface area contributed by atoms with Gasteiger partial charge in [0.1, 0.15) is 5.76 Å². The van der Waals surface area contributed by atoms with Crippen molar-refractivity contribution in [2.24, 2.45) is 0 Å². The summed E-state index contributed by atoms with van der Waals surface area (Å²) in [6.07, 6.45) is -3.03. The van der Waals surface area contributed by atoms with Gasteiger partial charge in [-0.15, -0.1) is 15.3 Å². The van der Waals surface area contributed by atoms with Crippen LogP contribution in [-0.4, -0.2) is 30.4 Å². The molecule has 1 aromatic carbocycles. The van der Waals surface area contributed by atoms with Gasteiger partial charge in [0, 0.05) is 5.02 Å². The lowest BCUT2D eigenvalue weighted by atomic mass is 10.1. The Morgan fingerprint density at radius 2 is 2.07 bits per heavy atom. The maximum atomic E-state index is 13.4. The summed E-state index contributed by atoms with van der Waals surface area (Å²) in [6, 6.07) is 7.05. The minimum absolute atomic E-state index is 0.0292. The van der Waals surface area contributed by atoms with Gasteiger partial charge in [0.05, 0.1) is 29.8 Å². The Hall–Kier alpha value is -2.64. The van der Waals surface area contributed by atoms with Gasteiger partial charge in [-0.2, -0.15) is 17.9 Å². The molecule has 156 valence electrons. The molecule has 3 aromatic heterocycles. The Labute approximate surface area is 180 Å². The van der Waals surface area contributed by atoms with Crippen molar-refractivity contribution in [3.63, 3.8) is 0 Å². The number of nitrogens with zero attached hydrogens (tertiary/aromatic N) is 6. The molecule has 0 aliphatic heterocycles. The van der Waals surface area contributed by atoms with Crippen LogP contribution in [-0.2, 0) is 18.5 Å². The zero-order chi connectivity index (χ0) is 21.1. The Balaban J connectivity index is 1.47. The number of hydrogen-bond donors (Lipinski definition) is 1. The van der Waals surface area contributed by atoms with Crippen LogP contribution in [0.3, 0.4) is 0 Å². The van der Waals surface area contributed by atoms with Crippen molar-refractivity contribution in [1.29, 1.82) is 0 Å². The number of anilines is 1. The number of thioether (sulfide) groups is 1. The third-order valence-electron chi connectivity index (χ3n) is 3.75. The van der Waals surface area contributed by atoms with Gasteiger partial charge in [-0.1, -0.05) is 34.7 Å². The standard InChI is InChI=1S/C16H11ClF3N7OS2/c17-9-3-4-12(11(6-9)16(18,19)20)27-13(22-25-26-27)8-29-15-24-23-14(30-15)21-7-10-2-1-5-28-10/h1-6H,7-8H2,(H,21,23). The van der Waals surface area contributed by atoms with Gasteiger partial charge < -0.3 is 9.73 Å². The largest absolute Gasteiger partial charge is 0.467 e. The summed E-state index contributed by atoms with van der Waals surface area (Å²) in [7, 11) is 0. The first-order valence-corrected chi connectivity index (χ1v) is 10.4. The fraction of sp³-hybridized carbons (Fsp3) is 0.188. The first-order valence-electron chi connectivity index (χ1n) is 8.27. The average Bonchev–Trinajstić information content (AvgIpc) is 3.45. The van der Waals surface area contributed by atoms with Crippen LogP contribution in [0.4, 0.5) is 18.3 Å². The molecule has 1 N–H and O–H groups in total. The van der Waals surface area contributed by atoms with Gasteiger partial charge in [0.2, 0.25) is 5.13 Å². The summed E-state index contributed by atoms with van der Waals surface area (Å²) < 4.78 is 47.1. The third kappa shape index (κ3) is 4.74. The van der Waals surface area contributed by atoms with Crippen LogP contribution in [0.1, 0.15) is 17.1 Å². The van der Waals surface area contributed by atoms with E-state index < -0.39 is 11.7 Å². The minimum Gasteiger partial charge on any atom is -0.467 e. The second-order valence-electron chi connectivity index (χ2n) is 5.76. The fourth-order valence-corrected chi connectivity index (χ4v) is 4.27. The molecule has 0 atom stereocenters. The quantitative estimate of drug-likeness (QED) is 0.386. The van der Waals surface area contributed by atoms with E-state index >= 15 is 0 Å². The van der Waals surface area contributed by atoms with Gasteiger partial charge in [0.25, 0.3) is 0 Å². The molecule has 0 radical (unpaired) electrons. The van der Waals surface area contributed by atoms with E-state index in [0.29, 0.717) is 16.0 Å². The first-order chi connectivity index (χ1) is 14.4. The maximum Gasteiger partial charge on any atom is 0.418 e. The number of nitrogens with one attached hydrogen (secondary N) is 1. The number of tetrazole rings is 1. The molecule has 4 aromatic rings. The van der Waals surface area contributed by atoms with E-state index in [4.69, 9.17) is 16.0 Å². The summed E-state index contributed by atoms with van der Waals surface area (Å²) in [5, 5.41) is 22.8. The molecule has 14 heteroatoms. The Morgan fingerprint density at radius 3 is 2.83 bits per heavy atom. The molecule has 0 unspecified atom stereocenters. The van der Waals surface area contributed by atoms with E-state index in [-0.39, 0.29) is 22.3 Å². The predicted octanol–water partition coefficient (Wildman–Crippen LogP) is 4.68. The Kier molecular flexibility index (Phi) is 5.92. The molecule has 0 aliphatic carbocycles. The van der Waals surface area contributed by atoms with Gasteiger partial charge in [-0.05, 0) is 40.8 Å². The van der Waals surface area contributed by atoms with Crippen LogP contribution < -0.4 is 5.32 Å². The van der Waals surface area contributed by atoms with Crippen molar-refractivity contribution < 1.29 is 17.6 Å². The number of hydrogen-bond acceptors (Lipinski definition) is 9. The average molecular weight is 474 g/mol. The SMILES string of the molecule is FC(F)(F)c1cc(Cl)ccc1-n1nnnc1CSc1nnc(NCc2ccco2)s1. The molecule has 0 saturated heterocycles. The molecule has 0 bridgehead atoms. The second kappa shape index (κ2) is 8.62. The predicted molar refractivity (Wildman–Crippen MR) is 105 cm³/mol. The van der Waals surface area contributed by atoms with E-state index in [1.807, 2.05) is 6.07 Å². The van der Waals surface area contributed by atoms with Crippen molar-refractivity contribution in [3.05, 3.63) is 58.8 Å². The van der Waals surface area contributed by atoms with Gasteiger partial charge in [0.15, 0.2) is 10.2 Å². The molecule has 0 saturated carbocycles. The van der Waals surface area contributed by atoms with Crippen LogP contribution in [0.25, 0.3) is 5.69 Å². The number of rotatable bonds is 7. The topological polar surface area (TPSA) is 94.5 Å². The third-order valence-corrected chi connectivity index (χ3v) is 6.00. The summed E-state index contributed by atoms with van der Waals surface area (Å²) in [6.45, 7) is 0.460. The molecule has 0 spiro atoms. The van der Waals surface area contributed by atoms with Crippen molar-refractivity contribution in [2.45, 2.75) is 22.8 Å². The smallest absolute Gasteiger partial charge is 0.418 e. The molecular weight excluding hydrogens is 463 g/mol. The highest BCUT2D eigenvalue weighted by Gasteiger charge is 2.35. The number of halogens is 4. The molecule has 3 heterocycles. The molecule has 0 aliphatic rings. The van der Waals surface area contributed by atoms with Crippen LogP contribution in [0.5, 0.6) is 0 Å².